The standard InChI is InChI=1S/C23H18N2O2S/c1-2-25-19-10-6-5-9-18(19)24-23(25)28-14-16-13-21(26)27-20-12-11-15-7-3-4-8-17(15)22(16)20/h3-13H,2,14H2,1H3. The Morgan fingerprint density at radius 3 is 2.75 bits per heavy atom. The number of nitrogens with zero attached hydrogens (tertiary/aromatic N) is 2. The molecule has 2 heterocycles. The Labute approximate surface area is 165 Å². The topological polar surface area (TPSA) is 48.0 Å². The van der Waals surface area contributed by atoms with Crippen LogP contribution in [-0.2, 0) is 12.3 Å². The van der Waals surface area contributed by atoms with Gasteiger partial charge >= 0.3 is 5.63 Å². The van der Waals surface area contributed by atoms with Gasteiger partial charge in [-0.25, -0.2) is 9.78 Å². The molecule has 0 atom stereocenters. The summed E-state index contributed by atoms with van der Waals surface area (Å²) < 4.78 is 7.68. The molecule has 0 saturated carbocycles. The highest BCUT2D eigenvalue weighted by molar-refractivity contribution is 7.98. The molecule has 3 aromatic carbocycles. The largest absolute Gasteiger partial charge is 0.423 e. The van der Waals surface area contributed by atoms with Gasteiger partial charge in [0.15, 0.2) is 5.16 Å². The van der Waals surface area contributed by atoms with Crippen molar-refractivity contribution in [2.24, 2.45) is 0 Å². The van der Waals surface area contributed by atoms with Crippen LogP contribution in [0.2, 0.25) is 0 Å². The van der Waals surface area contributed by atoms with Crippen LogP contribution in [0, 0.1) is 0 Å². The lowest BCUT2D eigenvalue weighted by Gasteiger charge is -2.09. The maximum Gasteiger partial charge on any atom is 0.336 e. The molecular formula is C23H18N2O2S. The average Bonchev–Trinajstić information content (AvgIpc) is 3.09. The molecule has 4 nitrogen and oxygen atoms in total. The second-order valence-corrected chi connectivity index (χ2v) is 7.61. The summed E-state index contributed by atoms with van der Waals surface area (Å²) in [6.07, 6.45) is 0. The van der Waals surface area contributed by atoms with Gasteiger partial charge in [0.05, 0.1) is 11.0 Å². The first-order valence-electron chi connectivity index (χ1n) is 9.27. The van der Waals surface area contributed by atoms with Crippen molar-refractivity contribution >= 4 is 44.5 Å². The Hall–Kier alpha value is -3.05. The average molecular weight is 386 g/mol. The minimum atomic E-state index is -0.317. The van der Waals surface area contributed by atoms with Gasteiger partial charge in [0, 0.05) is 23.8 Å². The molecular weight excluding hydrogens is 368 g/mol. The molecule has 0 radical (unpaired) electrons. The third-order valence-electron chi connectivity index (χ3n) is 5.01. The van der Waals surface area contributed by atoms with Crippen LogP contribution in [-0.4, -0.2) is 9.55 Å². The Bertz CT molecular complexity index is 1380. The normalized spacial score (nSPS) is 11.6. The molecule has 5 rings (SSSR count). The smallest absolute Gasteiger partial charge is 0.336 e. The summed E-state index contributed by atoms with van der Waals surface area (Å²) in [7, 11) is 0. The van der Waals surface area contributed by atoms with Crippen molar-refractivity contribution in [3.8, 4) is 0 Å². The van der Waals surface area contributed by atoms with Crippen LogP contribution >= 0.6 is 11.8 Å². The molecule has 28 heavy (non-hydrogen) atoms. The van der Waals surface area contributed by atoms with E-state index in [-0.39, 0.29) is 5.63 Å². The highest BCUT2D eigenvalue weighted by Gasteiger charge is 2.13. The van der Waals surface area contributed by atoms with Crippen LogP contribution in [0.25, 0.3) is 32.8 Å². The molecule has 138 valence electrons. The number of thioether (sulfide) groups is 1. The molecule has 0 fully saturated rings. The molecule has 0 aliphatic carbocycles. The lowest BCUT2D eigenvalue weighted by molar-refractivity contribution is 0.560. The number of para-hydroxylation sites is 2. The third-order valence-corrected chi connectivity index (χ3v) is 6.03. The SMILES string of the molecule is CCn1c(SCc2cc(=O)oc3ccc4ccccc4c23)nc2ccccc21. The number of rotatable bonds is 4. The zero-order valence-corrected chi connectivity index (χ0v) is 16.2. The van der Waals surface area contributed by atoms with E-state index >= 15 is 0 Å². The molecule has 0 aliphatic rings. The number of fused-ring (bicyclic) bond motifs is 4. The number of aryl methyl sites for hydroxylation is 1. The number of hydrogen-bond acceptors (Lipinski definition) is 4. The van der Waals surface area contributed by atoms with Crippen molar-refractivity contribution < 1.29 is 4.42 Å². The highest BCUT2D eigenvalue weighted by atomic mass is 32.2. The summed E-state index contributed by atoms with van der Waals surface area (Å²) in [5.74, 6) is 0.652. The van der Waals surface area contributed by atoms with E-state index in [0.29, 0.717) is 11.3 Å². The van der Waals surface area contributed by atoms with E-state index in [2.05, 4.69) is 29.7 Å². The van der Waals surface area contributed by atoms with E-state index in [4.69, 9.17) is 9.40 Å². The Morgan fingerprint density at radius 1 is 1.04 bits per heavy atom. The summed E-state index contributed by atoms with van der Waals surface area (Å²) >= 11 is 1.65. The first-order chi connectivity index (χ1) is 13.7. The van der Waals surface area contributed by atoms with Crippen LogP contribution in [0.4, 0.5) is 0 Å². The summed E-state index contributed by atoms with van der Waals surface area (Å²) in [6.45, 7) is 2.97. The van der Waals surface area contributed by atoms with Crippen molar-refractivity contribution in [1.82, 2.24) is 9.55 Å². The van der Waals surface area contributed by atoms with Crippen molar-refractivity contribution in [3.63, 3.8) is 0 Å². The van der Waals surface area contributed by atoms with Gasteiger partial charge in [0.25, 0.3) is 0 Å². The number of benzene rings is 3. The van der Waals surface area contributed by atoms with Gasteiger partial charge in [-0.3, -0.25) is 0 Å². The molecule has 2 aromatic heterocycles. The fraction of sp³-hybridized carbons (Fsp3) is 0.130. The predicted molar refractivity (Wildman–Crippen MR) is 115 cm³/mol. The van der Waals surface area contributed by atoms with Gasteiger partial charge in [-0.2, -0.15) is 0 Å². The summed E-state index contributed by atoms with van der Waals surface area (Å²) in [5.41, 5.74) is 3.42. The molecule has 0 N–H and O–H groups in total. The third kappa shape index (κ3) is 2.79. The molecule has 0 saturated heterocycles. The number of imidazole rings is 1. The quantitative estimate of drug-likeness (QED) is 0.229. The second kappa shape index (κ2) is 6.84. The Kier molecular flexibility index (Phi) is 4.17. The monoisotopic (exact) mass is 386 g/mol. The van der Waals surface area contributed by atoms with Crippen LogP contribution in [0.3, 0.4) is 0 Å². The van der Waals surface area contributed by atoms with Gasteiger partial charge in [-0.1, -0.05) is 54.2 Å². The summed E-state index contributed by atoms with van der Waals surface area (Å²) in [6, 6.07) is 21.8. The van der Waals surface area contributed by atoms with Crippen molar-refractivity contribution in [2.45, 2.75) is 24.4 Å². The van der Waals surface area contributed by atoms with Crippen LogP contribution in [0.15, 0.2) is 81.1 Å². The fourth-order valence-corrected chi connectivity index (χ4v) is 4.80. The first-order valence-corrected chi connectivity index (χ1v) is 10.3. The molecule has 0 bridgehead atoms. The Balaban J connectivity index is 1.63. The predicted octanol–water partition coefficient (Wildman–Crippen LogP) is 5.61. The van der Waals surface area contributed by atoms with Crippen molar-refractivity contribution in [2.75, 3.05) is 0 Å². The molecule has 0 aliphatic heterocycles. The maximum atomic E-state index is 12.1. The highest BCUT2D eigenvalue weighted by Crippen LogP contribution is 2.32. The molecule has 0 amide bonds. The number of hydrogen-bond donors (Lipinski definition) is 0. The minimum Gasteiger partial charge on any atom is -0.423 e. The van der Waals surface area contributed by atoms with E-state index < -0.39 is 0 Å². The van der Waals surface area contributed by atoms with Gasteiger partial charge < -0.3 is 8.98 Å². The van der Waals surface area contributed by atoms with Gasteiger partial charge in [-0.05, 0) is 41.5 Å². The molecule has 5 aromatic rings. The van der Waals surface area contributed by atoms with E-state index in [0.717, 1.165) is 44.5 Å². The molecule has 0 unspecified atom stereocenters. The first kappa shape index (κ1) is 17.1. The lowest BCUT2D eigenvalue weighted by Crippen LogP contribution is -2.01. The maximum absolute atomic E-state index is 12.1. The molecule has 0 spiro atoms. The minimum absolute atomic E-state index is 0.317. The van der Waals surface area contributed by atoms with E-state index in [1.165, 1.54) is 0 Å². The summed E-state index contributed by atoms with van der Waals surface area (Å²) in [5, 5.41) is 4.20. The van der Waals surface area contributed by atoms with Crippen molar-refractivity contribution in [1.29, 1.82) is 0 Å². The van der Waals surface area contributed by atoms with Crippen LogP contribution in [0.5, 0.6) is 0 Å². The lowest BCUT2D eigenvalue weighted by atomic mass is 10.0. The van der Waals surface area contributed by atoms with E-state index in [1.54, 1.807) is 17.8 Å². The van der Waals surface area contributed by atoms with Crippen LogP contribution in [0.1, 0.15) is 12.5 Å². The zero-order chi connectivity index (χ0) is 19.1. The van der Waals surface area contributed by atoms with Crippen LogP contribution < -0.4 is 5.63 Å². The summed E-state index contributed by atoms with van der Waals surface area (Å²) in [4.78, 5) is 16.9. The zero-order valence-electron chi connectivity index (χ0n) is 15.4. The fourth-order valence-electron chi connectivity index (χ4n) is 3.75. The number of aromatic nitrogens is 2. The molecule has 5 heteroatoms. The van der Waals surface area contributed by atoms with Crippen molar-refractivity contribution in [3.05, 3.63) is 82.7 Å². The van der Waals surface area contributed by atoms with Gasteiger partial charge in [0.2, 0.25) is 0 Å². The van der Waals surface area contributed by atoms with E-state index in [1.807, 2.05) is 42.5 Å². The van der Waals surface area contributed by atoms with E-state index in [9.17, 15) is 4.79 Å². The Morgan fingerprint density at radius 2 is 1.86 bits per heavy atom. The van der Waals surface area contributed by atoms with Gasteiger partial charge in [0.1, 0.15) is 5.58 Å². The second-order valence-electron chi connectivity index (χ2n) is 6.67. The van der Waals surface area contributed by atoms with Gasteiger partial charge in [-0.15, -0.1) is 0 Å².